The van der Waals surface area contributed by atoms with Crippen molar-refractivity contribution >= 4 is 17.3 Å². The third kappa shape index (κ3) is 3.00. The number of hydrogen-bond acceptors (Lipinski definition) is 5. The smallest absolute Gasteiger partial charge is 0.335 e. The number of aliphatic hydroxyl groups excluding tert-OH is 1. The molecule has 0 radical (unpaired) electrons. The lowest BCUT2D eigenvalue weighted by molar-refractivity contribution is -0.384. The summed E-state index contributed by atoms with van der Waals surface area (Å²) >= 11 is 0. The molecule has 0 atom stereocenters. The van der Waals surface area contributed by atoms with Gasteiger partial charge in [-0.3, -0.25) is 10.1 Å². The van der Waals surface area contributed by atoms with E-state index in [4.69, 9.17) is 5.11 Å². The van der Waals surface area contributed by atoms with Gasteiger partial charge in [0.2, 0.25) is 0 Å². The number of aliphatic hydroxyl groups is 1. The van der Waals surface area contributed by atoms with Gasteiger partial charge in [-0.15, -0.1) is 0 Å². The van der Waals surface area contributed by atoms with Crippen LogP contribution in [0.1, 0.15) is 24.2 Å². The summed E-state index contributed by atoms with van der Waals surface area (Å²) in [6.07, 6.45) is 0. The van der Waals surface area contributed by atoms with E-state index >= 15 is 0 Å². The molecule has 0 spiro atoms. The Morgan fingerprint density at radius 2 is 2.05 bits per heavy atom. The van der Waals surface area contributed by atoms with Gasteiger partial charge in [0.1, 0.15) is 5.69 Å². The van der Waals surface area contributed by atoms with Crippen LogP contribution in [0.2, 0.25) is 0 Å². The number of hydrogen-bond donors (Lipinski definition) is 2. The van der Waals surface area contributed by atoms with Gasteiger partial charge in [-0.05, 0) is 26.0 Å². The number of carboxylic acid groups (broad SMARTS) is 1. The van der Waals surface area contributed by atoms with Crippen molar-refractivity contribution in [1.29, 1.82) is 0 Å². The fourth-order valence-electron chi connectivity index (χ4n) is 1.52. The highest BCUT2D eigenvalue weighted by atomic mass is 16.6. The predicted octanol–water partition coefficient (Wildman–Crippen LogP) is 1.50. The van der Waals surface area contributed by atoms with Gasteiger partial charge in [-0.1, -0.05) is 0 Å². The third-order valence-corrected chi connectivity index (χ3v) is 3.08. The van der Waals surface area contributed by atoms with E-state index in [1.807, 2.05) is 0 Å². The zero-order valence-electron chi connectivity index (χ0n) is 11.0. The van der Waals surface area contributed by atoms with Crippen LogP contribution in [0.25, 0.3) is 0 Å². The second kappa shape index (κ2) is 5.23. The molecule has 0 aromatic heterocycles. The predicted molar refractivity (Wildman–Crippen MR) is 69.6 cm³/mol. The van der Waals surface area contributed by atoms with Crippen LogP contribution in [0, 0.1) is 10.1 Å². The molecule has 0 aliphatic heterocycles. The minimum Gasteiger partial charge on any atom is -0.478 e. The molecule has 1 rings (SSSR count). The summed E-state index contributed by atoms with van der Waals surface area (Å²) in [6.45, 7) is 3.25. The third-order valence-electron chi connectivity index (χ3n) is 3.08. The highest BCUT2D eigenvalue weighted by molar-refractivity contribution is 5.89. The van der Waals surface area contributed by atoms with Crippen LogP contribution in [0.4, 0.5) is 11.4 Å². The number of carbonyl (C=O) groups is 1. The van der Waals surface area contributed by atoms with Crippen LogP contribution < -0.4 is 4.90 Å². The first kappa shape index (κ1) is 14.9. The van der Waals surface area contributed by atoms with Crippen LogP contribution in [-0.4, -0.2) is 40.3 Å². The number of rotatable bonds is 5. The maximum absolute atomic E-state index is 11.0. The summed E-state index contributed by atoms with van der Waals surface area (Å²) < 4.78 is 0. The van der Waals surface area contributed by atoms with Gasteiger partial charge >= 0.3 is 5.97 Å². The Morgan fingerprint density at radius 1 is 1.47 bits per heavy atom. The average molecular weight is 268 g/mol. The van der Waals surface area contributed by atoms with Gasteiger partial charge in [-0.25, -0.2) is 4.79 Å². The minimum absolute atomic E-state index is 0.148. The van der Waals surface area contributed by atoms with E-state index in [-0.39, 0.29) is 23.5 Å². The van der Waals surface area contributed by atoms with Gasteiger partial charge in [0.25, 0.3) is 5.69 Å². The zero-order chi connectivity index (χ0) is 14.8. The molecular formula is C12H16N2O5. The molecule has 0 amide bonds. The van der Waals surface area contributed by atoms with Crippen LogP contribution in [0.3, 0.4) is 0 Å². The summed E-state index contributed by atoms with van der Waals surface area (Å²) in [6, 6.07) is 3.69. The molecule has 0 heterocycles. The quantitative estimate of drug-likeness (QED) is 0.619. The molecule has 19 heavy (non-hydrogen) atoms. The highest BCUT2D eigenvalue weighted by Crippen LogP contribution is 2.32. The molecule has 0 saturated heterocycles. The van der Waals surface area contributed by atoms with Crippen molar-refractivity contribution in [2.24, 2.45) is 0 Å². The first-order valence-electron chi connectivity index (χ1n) is 5.57. The van der Waals surface area contributed by atoms with Gasteiger partial charge in [0.15, 0.2) is 0 Å². The van der Waals surface area contributed by atoms with Gasteiger partial charge in [-0.2, -0.15) is 0 Å². The molecule has 0 unspecified atom stereocenters. The van der Waals surface area contributed by atoms with Crippen LogP contribution in [0.15, 0.2) is 18.2 Å². The van der Waals surface area contributed by atoms with Crippen molar-refractivity contribution in [1.82, 2.24) is 0 Å². The van der Waals surface area contributed by atoms with E-state index in [1.54, 1.807) is 25.8 Å². The van der Waals surface area contributed by atoms with E-state index in [9.17, 15) is 20.0 Å². The van der Waals surface area contributed by atoms with E-state index in [0.29, 0.717) is 0 Å². The molecule has 1 aromatic carbocycles. The number of anilines is 1. The van der Waals surface area contributed by atoms with E-state index in [0.717, 1.165) is 6.07 Å². The van der Waals surface area contributed by atoms with Crippen molar-refractivity contribution in [2.75, 3.05) is 18.6 Å². The zero-order valence-corrected chi connectivity index (χ0v) is 11.0. The lowest BCUT2D eigenvalue weighted by Crippen LogP contribution is -2.44. The van der Waals surface area contributed by atoms with Gasteiger partial charge in [0.05, 0.1) is 22.6 Å². The molecule has 0 aliphatic carbocycles. The molecule has 0 aliphatic rings. The molecule has 0 bridgehead atoms. The highest BCUT2D eigenvalue weighted by Gasteiger charge is 2.28. The Labute approximate surface area is 110 Å². The van der Waals surface area contributed by atoms with E-state index < -0.39 is 16.4 Å². The lowest BCUT2D eigenvalue weighted by Gasteiger charge is -2.35. The number of nitrogens with zero attached hydrogens (tertiary/aromatic N) is 2. The topological polar surface area (TPSA) is 104 Å². The molecular weight excluding hydrogens is 252 g/mol. The number of nitro groups is 1. The second-order valence-corrected chi connectivity index (χ2v) is 4.80. The summed E-state index contributed by atoms with van der Waals surface area (Å²) in [4.78, 5) is 22.8. The summed E-state index contributed by atoms with van der Waals surface area (Å²) in [5, 5.41) is 29.2. The fourth-order valence-corrected chi connectivity index (χ4v) is 1.52. The van der Waals surface area contributed by atoms with Gasteiger partial charge in [0, 0.05) is 13.1 Å². The van der Waals surface area contributed by atoms with Crippen molar-refractivity contribution in [3.8, 4) is 0 Å². The maximum atomic E-state index is 11.0. The average Bonchev–Trinajstić information content (AvgIpc) is 2.36. The SMILES string of the molecule is CN(c1ccc(C(=O)O)cc1[N+](=O)[O-])C(C)(C)CO. The Hall–Kier alpha value is -2.15. The molecule has 7 heteroatoms. The molecule has 1 aromatic rings. The number of likely N-dealkylation sites (N-methyl/N-ethyl adjacent to an activating group) is 1. The Bertz CT molecular complexity index is 513. The van der Waals surface area contributed by atoms with E-state index in [2.05, 4.69) is 0 Å². The first-order valence-corrected chi connectivity index (χ1v) is 5.57. The molecule has 7 nitrogen and oxygen atoms in total. The maximum Gasteiger partial charge on any atom is 0.335 e. The van der Waals surface area contributed by atoms with Gasteiger partial charge < -0.3 is 15.1 Å². The minimum atomic E-state index is -1.22. The Kier molecular flexibility index (Phi) is 4.10. The van der Waals surface area contributed by atoms with Crippen molar-refractivity contribution in [2.45, 2.75) is 19.4 Å². The number of nitro benzene ring substituents is 1. The largest absolute Gasteiger partial charge is 0.478 e. The lowest BCUT2D eigenvalue weighted by atomic mass is 10.0. The fraction of sp³-hybridized carbons (Fsp3) is 0.417. The van der Waals surface area contributed by atoms with E-state index in [1.165, 1.54) is 12.1 Å². The number of aromatic carboxylic acids is 1. The summed E-state index contributed by atoms with van der Waals surface area (Å²) in [5.74, 6) is -1.22. The van der Waals surface area contributed by atoms with Crippen LogP contribution in [-0.2, 0) is 0 Å². The monoisotopic (exact) mass is 268 g/mol. The van der Waals surface area contributed by atoms with Crippen molar-refractivity contribution in [3.05, 3.63) is 33.9 Å². The summed E-state index contributed by atoms with van der Waals surface area (Å²) in [5.41, 5.74) is -0.890. The first-order chi connectivity index (χ1) is 8.70. The second-order valence-electron chi connectivity index (χ2n) is 4.80. The summed E-state index contributed by atoms with van der Waals surface area (Å²) in [7, 11) is 1.61. The van der Waals surface area contributed by atoms with Crippen molar-refractivity contribution < 1.29 is 19.9 Å². The molecule has 0 fully saturated rings. The standard InChI is InChI=1S/C12H16N2O5/c1-12(2,7-15)13(3)9-5-4-8(11(16)17)6-10(9)14(18)19/h4-6,15H,7H2,1-3H3,(H,16,17). The normalized spacial score (nSPS) is 11.2. The van der Waals surface area contributed by atoms with Crippen molar-refractivity contribution in [3.63, 3.8) is 0 Å². The molecule has 104 valence electrons. The van der Waals surface area contributed by atoms with Crippen LogP contribution >= 0.6 is 0 Å². The number of benzene rings is 1. The Balaban J connectivity index is 3.36. The molecule has 2 N–H and O–H groups in total. The van der Waals surface area contributed by atoms with Crippen LogP contribution in [0.5, 0.6) is 0 Å². The molecule has 0 saturated carbocycles. The number of carboxylic acids is 1. The Morgan fingerprint density at radius 3 is 2.47 bits per heavy atom.